The molecule has 2 aromatic heterocycles. The molecule has 0 aliphatic heterocycles. The number of esters is 2. The molecule has 0 saturated carbocycles. The summed E-state index contributed by atoms with van der Waals surface area (Å²) in [5, 5.41) is 3.96. The Morgan fingerprint density at radius 2 is 2.08 bits per heavy atom. The molecule has 3 rings (SSSR count). The van der Waals surface area contributed by atoms with Crippen LogP contribution in [0.2, 0.25) is 0 Å². The summed E-state index contributed by atoms with van der Waals surface area (Å²) in [6.45, 7) is 2.02. The molecule has 0 atom stereocenters. The third-order valence-electron chi connectivity index (χ3n) is 3.54. The van der Waals surface area contributed by atoms with Gasteiger partial charge in [-0.3, -0.25) is 4.40 Å². The van der Waals surface area contributed by atoms with E-state index in [0.717, 1.165) is 10.8 Å². The highest BCUT2D eigenvalue weighted by Gasteiger charge is 2.21. The quantitative estimate of drug-likeness (QED) is 0.396. The van der Waals surface area contributed by atoms with E-state index in [4.69, 9.17) is 4.74 Å². The van der Waals surface area contributed by atoms with E-state index in [1.807, 2.05) is 30.3 Å². The Bertz CT molecular complexity index is 978. The van der Waals surface area contributed by atoms with Gasteiger partial charge in [-0.2, -0.15) is 0 Å². The zero-order chi connectivity index (χ0) is 17.8. The summed E-state index contributed by atoms with van der Waals surface area (Å²) < 4.78 is 11.4. The zero-order valence-electron chi connectivity index (χ0n) is 13.8. The number of hydrogen-bond donors (Lipinski definition) is 0. The summed E-state index contributed by atoms with van der Waals surface area (Å²) in [5.74, 6) is -0.932. The SMILES string of the molecule is CCOC(=O)c1c(S/C=C\C(=O)OC)nc2c3ccccc3ccn12. The molecule has 0 bridgehead atoms. The molecule has 6 nitrogen and oxygen atoms in total. The van der Waals surface area contributed by atoms with Crippen molar-refractivity contribution >= 4 is 40.1 Å². The van der Waals surface area contributed by atoms with Crippen LogP contribution in [0.3, 0.4) is 0 Å². The van der Waals surface area contributed by atoms with E-state index in [1.165, 1.54) is 24.9 Å². The van der Waals surface area contributed by atoms with Crippen LogP contribution in [0, 0.1) is 0 Å². The van der Waals surface area contributed by atoms with Crippen LogP contribution in [0.1, 0.15) is 17.4 Å². The summed E-state index contributed by atoms with van der Waals surface area (Å²) in [7, 11) is 1.30. The summed E-state index contributed by atoms with van der Waals surface area (Å²) in [6, 6.07) is 9.72. The average Bonchev–Trinajstić information content (AvgIpc) is 3.00. The summed E-state index contributed by atoms with van der Waals surface area (Å²) in [6.07, 6.45) is 3.08. The second kappa shape index (κ2) is 7.40. The topological polar surface area (TPSA) is 69.9 Å². The first kappa shape index (κ1) is 17.0. The average molecular weight is 356 g/mol. The van der Waals surface area contributed by atoms with Crippen molar-refractivity contribution < 1.29 is 19.1 Å². The number of nitrogens with zero attached hydrogens (tertiary/aromatic N) is 2. The fraction of sp³-hybridized carbons (Fsp3) is 0.167. The first-order valence-corrected chi connectivity index (χ1v) is 8.51. The lowest BCUT2D eigenvalue weighted by Gasteiger charge is -2.04. The molecule has 0 unspecified atom stereocenters. The molecule has 3 aromatic rings. The van der Waals surface area contributed by atoms with E-state index in [9.17, 15) is 9.59 Å². The normalized spacial score (nSPS) is 11.3. The molecule has 0 N–H and O–H groups in total. The van der Waals surface area contributed by atoms with Crippen molar-refractivity contribution in [2.45, 2.75) is 11.9 Å². The minimum atomic E-state index is -0.473. The minimum absolute atomic E-state index is 0.266. The number of hydrogen-bond acceptors (Lipinski definition) is 6. The molecule has 128 valence electrons. The van der Waals surface area contributed by atoms with Gasteiger partial charge in [0.05, 0.1) is 13.7 Å². The number of imidazole rings is 1. The van der Waals surface area contributed by atoms with Gasteiger partial charge in [-0.1, -0.05) is 36.0 Å². The van der Waals surface area contributed by atoms with Gasteiger partial charge in [-0.05, 0) is 23.8 Å². The fourth-order valence-electron chi connectivity index (χ4n) is 2.44. The molecule has 0 radical (unpaired) electrons. The molecule has 7 heteroatoms. The number of pyridine rings is 1. The van der Waals surface area contributed by atoms with Gasteiger partial charge in [0.2, 0.25) is 0 Å². The van der Waals surface area contributed by atoms with Crippen molar-refractivity contribution in [3.05, 3.63) is 53.7 Å². The third kappa shape index (κ3) is 3.36. The van der Waals surface area contributed by atoms with E-state index in [0.29, 0.717) is 16.4 Å². The monoisotopic (exact) mass is 356 g/mol. The van der Waals surface area contributed by atoms with Crippen LogP contribution in [0.15, 0.2) is 53.0 Å². The smallest absolute Gasteiger partial charge is 0.358 e. The third-order valence-corrected chi connectivity index (χ3v) is 4.32. The van der Waals surface area contributed by atoms with Gasteiger partial charge >= 0.3 is 11.9 Å². The number of thioether (sulfide) groups is 1. The number of carbonyl (C=O) groups is 2. The summed E-state index contributed by atoms with van der Waals surface area (Å²) in [4.78, 5) is 28.2. The summed E-state index contributed by atoms with van der Waals surface area (Å²) in [5.41, 5.74) is 0.997. The molecule has 1 aromatic carbocycles. The van der Waals surface area contributed by atoms with Crippen molar-refractivity contribution in [1.29, 1.82) is 0 Å². The molecule has 0 amide bonds. The van der Waals surface area contributed by atoms with E-state index < -0.39 is 11.9 Å². The highest BCUT2D eigenvalue weighted by atomic mass is 32.2. The van der Waals surface area contributed by atoms with Crippen molar-refractivity contribution in [1.82, 2.24) is 9.38 Å². The highest BCUT2D eigenvalue weighted by molar-refractivity contribution is 8.02. The molecule has 0 saturated heterocycles. The van der Waals surface area contributed by atoms with Gasteiger partial charge in [0.15, 0.2) is 5.69 Å². The van der Waals surface area contributed by atoms with E-state index >= 15 is 0 Å². The van der Waals surface area contributed by atoms with E-state index in [-0.39, 0.29) is 6.61 Å². The van der Waals surface area contributed by atoms with Gasteiger partial charge in [0.1, 0.15) is 10.7 Å². The standard InChI is InChI=1S/C18H16N2O4S/c1-3-24-18(22)15-17(25-11-9-14(21)23-2)19-16-13-7-5-4-6-12(13)8-10-20(15)16/h4-11H,3H2,1-2H3/b11-9-. The Morgan fingerprint density at radius 3 is 2.84 bits per heavy atom. The van der Waals surface area contributed by atoms with Gasteiger partial charge in [-0.15, -0.1) is 0 Å². The molecular weight excluding hydrogens is 340 g/mol. The molecule has 0 aliphatic rings. The highest BCUT2D eigenvalue weighted by Crippen LogP contribution is 2.29. The predicted molar refractivity (Wildman–Crippen MR) is 95.7 cm³/mol. The maximum Gasteiger partial charge on any atom is 0.358 e. The number of benzene rings is 1. The minimum Gasteiger partial charge on any atom is -0.466 e. The zero-order valence-corrected chi connectivity index (χ0v) is 14.6. The number of methoxy groups -OCH3 is 1. The fourth-order valence-corrected chi connectivity index (χ4v) is 3.18. The van der Waals surface area contributed by atoms with Crippen molar-refractivity contribution in [3.63, 3.8) is 0 Å². The molecular formula is C18H16N2O4S. The number of rotatable bonds is 5. The van der Waals surface area contributed by atoms with Crippen LogP contribution in [0.25, 0.3) is 16.4 Å². The molecule has 0 spiro atoms. The first-order chi connectivity index (χ1) is 12.2. The Morgan fingerprint density at radius 1 is 1.28 bits per heavy atom. The second-order valence-electron chi connectivity index (χ2n) is 5.03. The van der Waals surface area contributed by atoms with Crippen molar-refractivity contribution in [3.8, 4) is 0 Å². The van der Waals surface area contributed by atoms with Crippen LogP contribution >= 0.6 is 11.8 Å². The number of carbonyl (C=O) groups excluding carboxylic acids is 2. The Hall–Kier alpha value is -2.80. The Labute approximate surface area is 148 Å². The first-order valence-electron chi connectivity index (χ1n) is 7.63. The lowest BCUT2D eigenvalue weighted by atomic mass is 10.2. The van der Waals surface area contributed by atoms with Gasteiger partial charge in [-0.25, -0.2) is 14.6 Å². The van der Waals surface area contributed by atoms with Gasteiger partial charge in [0, 0.05) is 17.7 Å². The Kier molecular flexibility index (Phi) is 5.04. The second-order valence-corrected chi connectivity index (χ2v) is 5.92. The number of ether oxygens (including phenoxy) is 2. The number of aromatic nitrogens is 2. The lowest BCUT2D eigenvalue weighted by molar-refractivity contribution is -0.134. The van der Waals surface area contributed by atoms with E-state index in [1.54, 1.807) is 22.9 Å². The van der Waals surface area contributed by atoms with Crippen LogP contribution in [-0.4, -0.2) is 35.0 Å². The van der Waals surface area contributed by atoms with Gasteiger partial charge in [0.25, 0.3) is 0 Å². The maximum atomic E-state index is 12.4. The molecule has 2 heterocycles. The molecule has 25 heavy (non-hydrogen) atoms. The van der Waals surface area contributed by atoms with Crippen LogP contribution < -0.4 is 0 Å². The van der Waals surface area contributed by atoms with Crippen LogP contribution in [0.4, 0.5) is 0 Å². The summed E-state index contributed by atoms with van der Waals surface area (Å²) >= 11 is 1.17. The lowest BCUT2D eigenvalue weighted by Crippen LogP contribution is -2.09. The maximum absolute atomic E-state index is 12.4. The predicted octanol–water partition coefficient (Wildman–Crippen LogP) is 3.44. The van der Waals surface area contributed by atoms with Gasteiger partial charge < -0.3 is 9.47 Å². The number of fused-ring (bicyclic) bond motifs is 3. The molecule has 0 aliphatic carbocycles. The molecule has 0 fully saturated rings. The van der Waals surface area contributed by atoms with Crippen molar-refractivity contribution in [2.24, 2.45) is 0 Å². The largest absolute Gasteiger partial charge is 0.466 e. The van der Waals surface area contributed by atoms with Crippen LogP contribution in [-0.2, 0) is 14.3 Å². The van der Waals surface area contributed by atoms with Crippen LogP contribution in [0.5, 0.6) is 0 Å². The Balaban J connectivity index is 2.14. The van der Waals surface area contributed by atoms with E-state index in [2.05, 4.69) is 9.72 Å². The van der Waals surface area contributed by atoms with Crippen molar-refractivity contribution in [2.75, 3.05) is 13.7 Å².